The van der Waals surface area contributed by atoms with Gasteiger partial charge in [-0.25, -0.2) is 4.79 Å². The van der Waals surface area contributed by atoms with Crippen molar-refractivity contribution in [2.75, 3.05) is 6.54 Å². The molecule has 1 aromatic rings. The van der Waals surface area contributed by atoms with Crippen LogP contribution in [0, 0.1) is 5.92 Å². The number of rotatable bonds is 1. The first-order valence-corrected chi connectivity index (χ1v) is 7.50. The van der Waals surface area contributed by atoms with Crippen molar-refractivity contribution < 1.29 is 14.6 Å². The lowest BCUT2D eigenvalue weighted by Crippen LogP contribution is -2.48. The minimum Gasteiger partial charge on any atom is -0.444 e. The maximum atomic E-state index is 12.5. The molecule has 0 bridgehead atoms. The van der Waals surface area contributed by atoms with Gasteiger partial charge in [0.25, 0.3) is 0 Å². The van der Waals surface area contributed by atoms with E-state index in [-0.39, 0.29) is 18.1 Å². The quantitative estimate of drug-likeness (QED) is 0.863. The van der Waals surface area contributed by atoms with Crippen molar-refractivity contribution in [1.82, 2.24) is 4.90 Å². The Morgan fingerprint density at radius 1 is 1.29 bits per heavy atom. The van der Waals surface area contributed by atoms with Crippen molar-refractivity contribution in [3.8, 4) is 0 Å². The summed E-state index contributed by atoms with van der Waals surface area (Å²) in [5, 5.41) is 10.2. The molecule has 1 aliphatic heterocycles. The molecule has 1 heterocycles. The Balaban J connectivity index is 2.24. The third-order valence-electron chi connectivity index (χ3n) is 3.79. The van der Waals surface area contributed by atoms with E-state index in [4.69, 9.17) is 4.74 Å². The summed E-state index contributed by atoms with van der Waals surface area (Å²) >= 11 is 0. The number of nitrogens with zero attached hydrogens (tertiary/aromatic N) is 1. The van der Waals surface area contributed by atoms with Crippen molar-refractivity contribution in [2.24, 2.45) is 5.92 Å². The third kappa shape index (κ3) is 3.97. The first-order chi connectivity index (χ1) is 9.78. The van der Waals surface area contributed by atoms with Gasteiger partial charge >= 0.3 is 6.09 Å². The van der Waals surface area contributed by atoms with Crippen LogP contribution in [0.4, 0.5) is 4.79 Å². The van der Waals surface area contributed by atoms with E-state index in [0.717, 1.165) is 5.56 Å². The van der Waals surface area contributed by atoms with Crippen LogP contribution in [0.3, 0.4) is 0 Å². The van der Waals surface area contributed by atoms with Gasteiger partial charge in [-0.15, -0.1) is 0 Å². The van der Waals surface area contributed by atoms with Gasteiger partial charge in [0.05, 0.1) is 12.1 Å². The largest absolute Gasteiger partial charge is 0.444 e. The smallest absolute Gasteiger partial charge is 0.410 e. The van der Waals surface area contributed by atoms with Crippen molar-refractivity contribution in [2.45, 2.75) is 51.9 Å². The minimum absolute atomic E-state index is 0.0532. The van der Waals surface area contributed by atoms with E-state index >= 15 is 0 Å². The molecule has 3 atom stereocenters. The van der Waals surface area contributed by atoms with Gasteiger partial charge < -0.3 is 14.7 Å². The average Bonchev–Trinajstić information content (AvgIpc) is 2.40. The first kappa shape index (κ1) is 15.8. The Labute approximate surface area is 126 Å². The van der Waals surface area contributed by atoms with Gasteiger partial charge in [-0.3, -0.25) is 0 Å². The minimum atomic E-state index is -0.516. The predicted molar refractivity (Wildman–Crippen MR) is 81.9 cm³/mol. The Hall–Kier alpha value is -1.55. The Morgan fingerprint density at radius 2 is 1.90 bits per heavy atom. The average molecular weight is 291 g/mol. The van der Waals surface area contributed by atoms with Crippen LogP contribution in [0.5, 0.6) is 0 Å². The molecule has 2 rings (SSSR count). The molecule has 1 aliphatic rings. The van der Waals surface area contributed by atoms with Gasteiger partial charge in [-0.05, 0) is 38.7 Å². The number of amides is 1. The van der Waals surface area contributed by atoms with Crippen LogP contribution in [0.2, 0.25) is 0 Å². The molecule has 1 N–H and O–H groups in total. The first-order valence-electron chi connectivity index (χ1n) is 7.50. The Bertz CT molecular complexity index is 481. The Morgan fingerprint density at radius 3 is 2.48 bits per heavy atom. The number of piperidine rings is 1. The fourth-order valence-electron chi connectivity index (χ4n) is 2.66. The highest BCUT2D eigenvalue weighted by Crippen LogP contribution is 2.34. The lowest BCUT2D eigenvalue weighted by molar-refractivity contribution is -0.0271. The van der Waals surface area contributed by atoms with Gasteiger partial charge in [-0.1, -0.05) is 37.3 Å². The van der Waals surface area contributed by atoms with E-state index in [1.807, 2.05) is 58.0 Å². The number of carbonyl (C=O) groups excluding carboxylic acids is 1. The molecule has 0 aromatic heterocycles. The SMILES string of the molecule is C[C@H]1CN(C(=O)OC(C)(C)C)[C@H](c2ccccc2)CC1O. The van der Waals surface area contributed by atoms with Gasteiger partial charge in [0.15, 0.2) is 0 Å². The summed E-state index contributed by atoms with van der Waals surface area (Å²) in [7, 11) is 0. The second-order valence-electron chi connectivity index (χ2n) is 6.84. The van der Waals surface area contributed by atoms with Crippen LogP contribution in [-0.4, -0.2) is 34.3 Å². The molecule has 1 amide bonds. The highest BCUT2D eigenvalue weighted by Gasteiger charge is 2.37. The fraction of sp³-hybridized carbons (Fsp3) is 0.588. The topological polar surface area (TPSA) is 49.8 Å². The molecule has 21 heavy (non-hydrogen) atoms. The van der Waals surface area contributed by atoms with Gasteiger partial charge in [0.2, 0.25) is 0 Å². The zero-order chi connectivity index (χ0) is 15.6. The number of hydrogen-bond acceptors (Lipinski definition) is 3. The number of hydrogen-bond donors (Lipinski definition) is 1. The summed E-state index contributed by atoms with van der Waals surface area (Å²) in [5.41, 5.74) is 0.520. The highest BCUT2D eigenvalue weighted by atomic mass is 16.6. The molecule has 1 saturated heterocycles. The number of aliphatic hydroxyl groups is 1. The second-order valence-corrected chi connectivity index (χ2v) is 6.84. The van der Waals surface area contributed by atoms with Crippen LogP contribution >= 0.6 is 0 Å². The number of aliphatic hydroxyl groups excluding tert-OH is 1. The van der Waals surface area contributed by atoms with E-state index < -0.39 is 11.7 Å². The van der Waals surface area contributed by atoms with Gasteiger partial charge in [0, 0.05) is 6.54 Å². The van der Waals surface area contributed by atoms with Crippen LogP contribution in [0.1, 0.15) is 45.7 Å². The van der Waals surface area contributed by atoms with E-state index in [9.17, 15) is 9.90 Å². The highest BCUT2D eigenvalue weighted by molar-refractivity contribution is 5.69. The molecule has 1 unspecified atom stereocenters. The summed E-state index contributed by atoms with van der Waals surface area (Å²) in [4.78, 5) is 14.2. The van der Waals surface area contributed by atoms with E-state index in [0.29, 0.717) is 13.0 Å². The molecule has 4 nitrogen and oxygen atoms in total. The molecule has 116 valence electrons. The summed E-state index contributed by atoms with van der Waals surface area (Å²) in [6, 6.07) is 9.70. The molecule has 0 spiro atoms. The maximum Gasteiger partial charge on any atom is 0.410 e. The lowest BCUT2D eigenvalue weighted by atomic mass is 9.88. The molecular formula is C17H25NO3. The van der Waals surface area contributed by atoms with Crippen molar-refractivity contribution >= 4 is 6.09 Å². The third-order valence-corrected chi connectivity index (χ3v) is 3.79. The van der Waals surface area contributed by atoms with Gasteiger partial charge in [0.1, 0.15) is 5.60 Å². The standard InChI is InChI=1S/C17H25NO3/c1-12-11-18(16(20)21-17(2,3)4)14(10-15(12)19)13-8-6-5-7-9-13/h5-9,12,14-15,19H,10-11H2,1-4H3/t12-,14-,15?/m0/s1. The lowest BCUT2D eigenvalue weighted by Gasteiger charge is -2.41. The molecule has 1 aromatic carbocycles. The number of likely N-dealkylation sites (tertiary alicyclic amines) is 1. The van der Waals surface area contributed by atoms with Crippen molar-refractivity contribution in [3.63, 3.8) is 0 Å². The zero-order valence-corrected chi connectivity index (χ0v) is 13.2. The fourth-order valence-corrected chi connectivity index (χ4v) is 2.66. The van der Waals surface area contributed by atoms with Gasteiger partial charge in [-0.2, -0.15) is 0 Å². The number of benzene rings is 1. The maximum absolute atomic E-state index is 12.5. The summed E-state index contributed by atoms with van der Waals surface area (Å²) in [5.74, 6) is 0.0532. The Kier molecular flexibility index (Phi) is 4.57. The number of carbonyl (C=O) groups is 1. The molecule has 0 aliphatic carbocycles. The summed E-state index contributed by atoms with van der Waals surface area (Å²) in [6.45, 7) is 8.07. The normalized spacial score (nSPS) is 26.5. The zero-order valence-electron chi connectivity index (χ0n) is 13.2. The predicted octanol–water partition coefficient (Wildman–Crippen LogP) is 3.37. The van der Waals surface area contributed by atoms with Crippen LogP contribution in [0.25, 0.3) is 0 Å². The summed E-state index contributed by atoms with van der Waals surface area (Å²) in [6.07, 6.45) is -0.159. The van der Waals surface area contributed by atoms with E-state index in [1.54, 1.807) is 4.90 Å². The van der Waals surface area contributed by atoms with Crippen LogP contribution in [0.15, 0.2) is 30.3 Å². The molecular weight excluding hydrogens is 266 g/mol. The van der Waals surface area contributed by atoms with E-state index in [2.05, 4.69) is 0 Å². The molecule has 4 heteroatoms. The summed E-state index contributed by atoms with van der Waals surface area (Å²) < 4.78 is 5.52. The van der Waals surface area contributed by atoms with Crippen molar-refractivity contribution in [1.29, 1.82) is 0 Å². The van der Waals surface area contributed by atoms with Crippen LogP contribution in [-0.2, 0) is 4.74 Å². The number of ether oxygens (including phenoxy) is 1. The molecule has 0 radical (unpaired) electrons. The van der Waals surface area contributed by atoms with E-state index in [1.165, 1.54) is 0 Å². The van der Waals surface area contributed by atoms with Crippen molar-refractivity contribution in [3.05, 3.63) is 35.9 Å². The monoisotopic (exact) mass is 291 g/mol. The molecule has 0 saturated carbocycles. The van der Waals surface area contributed by atoms with Crippen LogP contribution < -0.4 is 0 Å². The second kappa shape index (κ2) is 6.06. The molecule has 1 fully saturated rings.